The summed E-state index contributed by atoms with van der Waals surface area (Å²) < 4.78 is 5.17. The van der Waals surface area contributed by atoms with Crippen molar-refractivity contribution in [3.8, 4) is 5.75 Å². The zero-order valence-electron chi connectivity index (χ0n) is 9.49. The van der Waals surface area contributed by atoms with Gasteiger partial charge in [0.15, 0.2) is 0 Å². The highest BCUT2D eigenvalue weighted by molar-refractivity contribution is 5.76. The summed E-state index contributed by atoms with van der Waals surface area (Å²) in [6.07, 6.45) is 3.07. The average molecular weight is 219 g/mol. The first-order valence-corrected chi connectivity index (χ1v) is 5.56. The van der Waals surface area contributed by atoms with Gasteiger partial charge in [-0.15, -0.1) is 0 Å². The van der Waals surface area contributed by atoms with E-state index >= 15 is 0 Å². The molecule has 4 nitrogen and oxygen atoms in total. The number of ether oxygens (including phenoxy) is 1. The largest absolute Gasteiger partial charge is 0.497 e. The lowest BCUT2D eigenvalue weighted by atomic mass is 10.2. The van der Waals surface area contributed by atoms with Gasteiger partial charge in [-0.2, -0.15) is 0 Å². The van der Waals surface area contributed by atoms with Crippen molar-refractivity contribution >= 4 is 11.0 Å². The van der Waals surface area contributed by atoms with Crippen LogP contribution in [0.4, 0.5) is 0 Å². The van der Waals surface area contributed by atoms with E-state index in [0.29, 0.717) is 0 Å². The number of nitrogens with two attached hydrogens (primary N) is 1. The third kappa shape index (κ3) is 2.33. The number of nitrogens with zero attached hydrogens (tertiary/aromatic N) is 1. The molecule has 0 radical (unpaired) electrons. The lowest BCUT2D eigenvalue weighted by Crippen LogP contribution is -1.99. The number of aryl methyl sites for hydroxylation is 1. The van der Waals surface area contributed by atoms with Gasteiger partial charge in [0.2, 0.25) is 0 Å². The molecule has 0 spiro atoms. The van der Waals surface area contributed by atoms with Gasteiger partial charge in [0.05, 0.1) is 18.1 Å². The van der Waals surface area contributed by atoms with Crippen molar-refractivity contribution in [2.45, 2.75) is 19.3 Å². The minimum atomic E-state index is 0.744. The predicted molar refractivity (Wildman–Crippen MR) is 64.6 cm³/mol. The highest BCUT2D eigenvalue weighted by Crippen LogP contribution is 2.19. The standard InChI is InChI=1S/C12H17N3O/c1-16-9-5-6-10-11(8-9)15-12(14-10)4-2-3-7-13/h5-6,8H,2-4,7,13H2,1H3,(H,14,15). The van der Waals surface area contributed by atoms with E-state index in [1.165, 1.54) is 0 Å². The number of hydrogen-bond donors (Lipinski definition) is 2. The van der Waals surface area contributed by atoms with Gasteiger partial charge in [-0.25, -0.2) is 4.98 Å². The molecule has 1 heterocycles. The van der Waals surface area contributed by atoms with Gasteiger partial charge in [-0.3, -0.25) is 0 Å². The number of imidazole rings is 1. The number of hydrogen-bond acceptors (Lipinski definition) is 3. The van der Waals surface area contributed by atoms with Crippen LogP contribution >= 0.6 is 0 Å². The van der Waals surface area contributed by atoms with Gasteiger partial charge in [-0.05, 0) is 31.5 Å². The van der Waals surface area contributed by atoms with Crippen LogP contribution in [0.2, 0.25) is 0 Å². The molecule has 0 fully saturated rings. The van der Waals surface area contributed by atoms with Gasteiger partial charge in [-0.1, -0.05) is 0 Å². The second kappa shape index (κ2) is 4.99. The Bertz CT molecular complexity index is 464. The number of aromatic nitrogens is 2. The Morgan fingerprint density at radius 3 is 3.00 bits per heavy atom. The third-order valence-corrected chi connectivity index (χ3v) is 2.61. The van der Waals surface area contributed by atoms with Gasteiger partial charge in [0, 0.05) is 12.5 Å². The fourth-order valence-corrected chi connectivity index (χ4v) is 1.72. The van der Waals surface area contributed by atoms with Crippen molar-refractivity contribution in [2.75, 3.05) is 13.7 Å². The van der Waals surface area contributed by atoms with Crippen LogP contribution in [0.1, 0.15) is 18.7 Å². The zero-order valence-corrected chi connectivity index (χ0v) is 9.49. The lowest BCUT2D eigenvalue weighted by Gasteiger charge is -1.96. The third-order valence-electron chi connectivity index (χ3n) is 2.61. The molecule has 0 atom stereocenters. The minimum Gasteiger partial charge on any atom is -0.497 e. The molecule has 0 aliphatic rings. The highest BCUT2D eigenvalue weighted by Gasteiger charge is 2.03. The van der Waals surface area contributed by atoms with Crippen molar-refractivity contribution in [3.05, 3.63) is 24.0 Å². The summed E-state index contributed by atoms with van der Waals surface area (Å²) in [5.41, 5.74) is 7.48. The Kier molecular flexibility index (Phi) is 3.41. The molecule has 0 bridgehead atoms. The molecule has 2 rings (SSSR count). The summed E-state index contributed by atoms with van der Waals surface area (Å²) in [5.74, 6) is 1.88. The van der Waals surface area contributed by atoms with Crippen molar-refractivity contribution in [1.82, 2.24) is 9.97 Å². The van der Waals surface area contributed by atoms with E-state index in [1.807, 2.05) is 18.2 Å². The normalized spacial score (nSPS) is 10.9. The first kappa shape index (κ1) is 11.0. The monoisotopic (exact) mass is 219 g/mol. The smallest absolute Gasteiger partial charge is 0.121 e. The fraction of sp³-hybridized carbons (Fsp3) is 0.417. The number of aromatic amines is 1. The number of H-pyrrole nitrogens is 1. The molecule has 3 N–H and O–H groups in total. The quantitative estimate of drug-likeness (QED) is 0.754. The van der Waals surface area contributed by atoms with E-state index in [2.05, 4.69) is 9.97 Å². The van der Waals surface area contributed by atoms with Crippen LogP contribution < -0.4 is 10.5 Å². The maximum Gasteiger partial charge on any atom is 0.121 e. The topological polar surface area (TPSA) is 63.9 Å². The predicted octanol–water partition coefficient (Wildman–Crippen LogP) is 1.85. The molecule has 0 aliphatic carbocycles. The van der Waals surface area contributed by atoms with E-state index < -0.39 is 0 Å². The number of nitrogens with one attached hydrogen (secondary N) is 1. The molecule has 2 aromatic rings. The Balaban J connectivity index is 2.16. The summed E-state index contributed by atoms with van der Waals surface area (Å²) in [6.45, 7) is 0.744. The second-order valence-corrected chi connectivity index (χ2v) is 3.81. The van der Waals surface area contributed by atoms with Crippen molar-refractivity contribution in [2.24, 2.45) is 5.73 Å². The molecule has 0 unspecified atom stereocenters. The maximum atomic E-state index is 5.46. The molecule has 1 aromatic heterocycles. The second-order valence-electron chi connectivity index (χ2n) is 3.81. The Morgan fingerprint density at radius 2 is 2.25 bits per heavy atom. The van der Waals surface area contributed by atoms with E-state index in [9.17, 15) is 0 Å². The van der Waals surface area contributed by atoms with E-state index in [1.54, 1.807) is 7.11 Å². The molecule has 16 heavy (non-hydrogen) atoms. The van der Waals surface area contributed by atoms with Gasteiger partial charge in [0.1, 0.15) is 11.6 Å². The highest BCUT2D eigenvalue weighted by atomic mass is 16.5. The molecule has 0 saturated carbocycles. The number of unbranched alkanes of at least 4 members (excludes halogenated alkanes) is 1. The van der Waals surface area contributed by atoms with Crippen LogP contribution in [0.25, 0.3) is 11.0 Å². The summed E-state index contributed by atoms with van der Waals surface area (Å²) in [4.78, 5) is 7.81. The van der Waals surface area contributed by atoms with E-state index in [0.717, 1.165) is 48.4 Å². The molecule has 4 heteroatoms. The summed E-state index contributed by atoms with van der Waals surface area (Å²) >= 11 is 0. The van der Waals surface area contributed by atoms with E-state index in [4.69, 9.17) is 10.5 Å². The summed E-state index contributed by atoms with van der Waals surface area (Å²) in [6, 6.07) is 5.86. The number of rotatable bonds is 5. The summed E-state index contributed by atoms with van der Waals surface area (Å²) in [5, 5.41) is 0. The van der Waals surface area contributed by atoms with Crippen LogP contribution in [0.5, 0.6) is 5.75 Å². The lowest BCUT2D eigenvalue weighted by molar-refractivity contribution is 0.415. The fourth-order valence-electron chi connectivity index (χ4n) is 1.72. The SMILES string of the molecule is COc1ccc2nc(CCCCN)[nH]c2c1. The zero-order chi connectivity index (χ0) is 11.4. The van der Waals surface area contributed by atoms with Crippen LogP contribution in [-0.4, -0.2) is 23.6 Å². The van der Waals surface area contributed by atoms with Crippen LogP contribution in [-0.2, 0) is 6.42 Å². The van der Waals surface area contributed by atoms with E-state index in [-0.39, 0.29) is 0 Å². The molecule has 86 valence electrons. The van der Waals surface area contributed by atoms with Crippen molar-refractivity contribution in [3.63, 3.8) is 0 Å². The number of benzene rings is 1. The molecular formula is C12H17N3O. The molecule has 1 aromatic carbocycles. The maximum absolute atomic E-state index is 5.46. The first-order valence-electron chi connectivity index (χ1n) is 5.56. The summed E-state index contributed by atoms with van der Waals surface area (Å²) in [7, 11) is 1.67. The van der Waals surface area contributed by atoms with Crippen LogP contribution in [0.15, 0.2) is 18.2 Å². The van der Waals surface area contributed by atoms with Gasteiger partial charge in [0.25, 0.3) is 0 Å². The Hall–Kier alpha value is -1.55. The Morgan fingerprint density at radius 1 is 1.38 bits per heavy atom. The van der Waals surface area contributed by atoms with Gasteiger partial charge >= 0.3 is 0 Å². The Labute approximate surface area is 94.8 Å². The molecular weight excluding hydrogens is 202 g/mol. The number of fused-ring (bicyclic) bond motifs is 1. The minimum absolute atomic E-state index is 0.744. The molecule has 0 amide bonds. The van der Waals surface area contributed by atoms with Crippen LogP contribution in [0, 0.1) is 0 Å². The average Bonchev–Trinajstić information content (AvgIpc) is 2.70. The first-order chi connectivity index (χ1) is 7.83. The molecule has 0 saturated heterocycles. The number of methoxy groups -OCH3 is 1. The van der Waals surface area contributed by atoms with Crippen LogP contribution in [0.3, 0.4) is 0 Å². The van der Waals surface area contributed by atoms with Crippen molar-refractivity contribution < 1.29 is 4.74 Å². The molecule has 0 aliphatic heterocycles. The van der Waals surface area contributed by atoms with Crippen molar-refractivity contribution in [1.29, 1.82) is 0 Å². The van der Waals surface area contributed by atoms with Gasteiger partial charge < -0.3 is 15.5 Å².